The van der Waals surface area contributed by atoms with E-state index >= 15 is 0 Å². The SMILES string of the molecule is Cc1nc2n(n1)CCN(C(=O)NCC(C)N(C)Cc1ccccc1)C2. The zero-order chi connectivity index (χ0) is 17.8. The summed E-state index contributed by atoms with van der Waals surface area (Å²) >= 11 is 0. The van der Waals surface area contributed by atoms with Crippen LogP contribution in [-0.2, 0) is 19.6 Å². The van der Waals surface area contributed by atoms with E-state index in [9.17, 15) is 4.79 Å². The summed E-state index contributed by atoms with van der Waals surface area (Å²) in [6.07, 6.45) is 0. The number of hydrogen-bond donors (Lipinski definition) is 1. The molecular weight excluding hydrogens is 316 g/mol. The van der Waals surface area contributed by atoms with Crippen LogP contribution in [0.3, 0.4) is 0 Å². The lowest BCUT2D eigenvalue weighted by Gasteiger charge is -2.29. The summed E-state index contributed by atoms with van der Waals surface area (Å²) in [5.41, 5.74) is 1.27. The molecule has 0 saturated heterocycles. The molecule has 1 aromatic heterocycles. The minimum atomic E-state index is -0.0353. The number of carbonyl (C=O) groups excluding carboxylic acids is 1. The van der Waals surface area contributed by atoms with Crippen molar-refractivity contribution in [3.63, 3.8) is 0 Å². The summed E-state index contributed by atoms with van der Waals surface area (Å²) in [4.78, 5) is 20.9. The number of aryl methyl sites for hydroxylation is 1. The Hall–Kier alpha value is -2.41. The van der Waals surface area contributed by atoms with Gasteiger partial charge in [-0.1, -0.05) is 30.3 Å². The van der Waals surface area contributed by atoms with Crippen LogP contribution < -0.4 is 5.32 Å². The smallest absolute Gasteiger partial charge is 0.317 e. The number of carbonyl (C=O) groups is 1. The van der Waals surface area contributed by atoms with E-state index in [1.54, 1.807) is 4.90 Å². The number of benzene rings is 1. The second-order valence-corrected chi connectivity index (χ2v) is 6.66. The molecule has 0 radical (unpaired) electrons. The van der Waals surface area contributed by atoms with E-state index in [4.69, 9.17) is 0 Å². The van der Waals surface area contributed by atoms with Crippen LogP contribution in [0.4, 0.5) is 4.79 Å². The van der Waals surface area contributed by atoms with Gasteiger partial charge in [-0.2, -0.15) is 5.10 Å². The highest BCUT2D eigenvalue weighted by Crippen LogP contribution is 2.10. The first kappa shape index (κ1) is 17.4. The van der Waals surface area contributed by atoms with Crippen molar-refractivity contribution in [2.45, 2.75) is 39.5 Å². The van der Waals surface area contributed by atoms with E-state index in [2.05, 4.69) is 46.4 Å². The van der Waals surface area contributed by atoms with Crippen molar-refractivity contribution in [3.05, 3.63) is 47.5 Å². The lowest BCUT2D eigenvalue weighted by molar-refractivity contribution is 0.173. The Labute approximate surface area is 148 Å². The number of amides is 2. The summed E-state index contributed by atoms with van der Waals surface area (Å²) in [7, 11) is 2.08. The summed E-state index contributed by atoms with van der Waals surface area (Å²) in [5.74, 6) is 1.61. The number of nitrogens with zero attached hydrogens (tertiary/aromatic N) is 5. The fourth-order valence-electron chi connectivity index (χ4n) is 2.96. The Bertz CT molecular complexity index is 714. The van der Waals surface area contributed by atoms with Gasteiger partial charge in [0, 0.05) is 25.7 Å². The zero-order valence-electron chi connectivity index (χ0n) is 15.1. The van der Waals surface area contributed by atoms with Crippen molar-refractivity contribution in [1.82, 2.24) is 29.9 Å². The Morgan fingerprint density at radius 1 is 1.32 bits per heavy atom. The molecule has 1 atom stereocenters. The molecule has 7 heteroatoms. The average molecular weight is 342 g/mol. The van der Waals surface area contributed by atoms with Crippen molar-refractivity contribution in [1.29, 1.82) is 0 Å². The molecule has 2 aromatic rings. The lowest BCUT2D eigenvalue weighted by atomic mass is 10.2. The molecule has 1 unspecified atom stereocenters. The van der Waals surface area contributed by atoms with E-state index in [1.807, 2.05) is 29.8 Å². The van der Waals surface area contributed by atoms with Crippen molar-refractivity contribution in [2.75, 3.05) is 20.1 Å². The average Bonchev–Trinajstić information content (AvgIpc) is 2.99. The lowest BCUT2D eigenvalue weighted by Crippen LogP contribution is -2.48. The van der Waals surface area contributed by atoms with Crippen LogP contribution in [0.5, 0.6) is 0 Å². The van der Waals surface area contributed by atoms with Crippen molar-refractivity contribution >= 4 is 6.03 Å². The van der Waals surface area contributed by atoms with E-state index in [0.717, 1.165) is 18.2 Å². The third-order valence-corrected chi connectivity index (χ3v) is 4.63. The van der Waals surface area contributed by atoms with Gasteiger partial charge in [0.05, 0.1) is 13.1 Å². The molecule has 1 aromatic carbocycles. The number of rotatable bonds is 5. The minimum Gasteiger partial charge on any atom is -0.336 e. The maximum atomic E-state index is 12.4. The largest absolute Gasteiger partial charge is 0.336 e. The third kappa shape index (κ3) is 4.36. The first-order valence-electron chi connectivity index (χ1n) is 8.70. The van der Waals surface area contributed by atoms with E-state index < -0.39 is 0 Å². The van der Waals surface area contributed by atoms with Gasteiger partial charge in [-0.15, -0.1) is 0 Å². The maximum absolute atomic E-state index is 12.4. The van der Waals surface area contributed by atoms with Gasteiger partial charge in [0.2, 0.25) is 0 Å². The van der Waals surface area contributed by atoms with Gasteiger partial charge in [-0.3, -0.25) is 4.90 Å². The van der Waals surface area contributed by atoms with Gasteiger partial charge < -0.3 is 10.2 Å². The van der Waals surface area contributed by atoms with E-state index in [0.29, 0.717) is 26.2 Å². The molecule has 2 heterocycles. The Balaban J connectivity index is 1.47. The standard InChI is InChI=1S/C18H26N6O/c1-14(22(3)12-16-7-5-4-6-8-16)11-19-18(25)23-9-10-24-17(13-23)20-15(2)21-24/h4-8,14H,9-13H2,1-3H3,(H,19,25). The number of aromatic nitrogens is 3. The molecule has 2 amide bonds. The van der Waals surface area contributed by atoms with Crippen LogP contribution in [0.25, 0.3) is 0 Å². The molecule has 1 aliphatic heterocycles. The molecule has 3 rings (SSSR count). The van der Waals surface area contributed by atoms with Gasteiger partial charge in [-0.25, -0.2) is 14.5 Å². The maximum Gasteiger partial charge on any atom is 0.317 e. The monoisotopic (exact) mass is 342 g/mol. The molecule has 134 valence electrons. The van der Waals surface area contributed by atoms with Gasteiger partial charge in [-0.05, 0) is 26.5 Å². The van der Waals surface area contributed by atoms with Gasteiger partial charge in [0.1, 0.15) is 11.6 Å². The first-order valence-corrected chi connectivity index (χ1v) is 8.70. The predicted octanol–water partition coefficient (Wildman–Crippen LogP) is 1.63. The van der Waals surface area contributed by atoms with Crippen LogP contribution in [-0.4, -0.2) is 56.8 Å². The van der Waals surface area contributed by atoms with E-state index in [1.165, 1.54) is 5.56 Å². The molecule has 0 saturated carbocycles. The highest BCUT2D eigenvalue weighted by Gasteiger charge is 2.23. The number of nitrogens with one attached hydrogen (secondary N) is 1. The van der Waals surface area contributed by atoms with Crippen LogP contribution >= 0.6 is 0 Å². The van der Waals surface area contributed by atoms with Gasteiger partial charge in [0.25, 0.3) is 0 Å². The Morgan fingerprint density at radius 2 is 2.08 bits per heavy atom. The number of fused-ring (bicyclic) bond motifs is 1. The van der Waals surface area contributed by atoms with Crippen LogP contribution in [0.2, 0.25) is 0 Å². The molecular formula is C18H26N6O. The molecule has 1 aliphatic rings. The number of hydrogen-bond acceptors (Lipinski definition) is 4. The second-order valence-electron chi connectivity index (χ2n) is 6.66. The molecule has 25 heavy (non-hydrogen) atoms. The highest BCUT2D eigenvalue weighted by atomic mass is 16.2. The van der Waals surface area contributed by atoms with Crippen LogP contribution in [0, 0.1) is 6.92 Å². The third-order valence-electron chi connectivity index (χ3n) is 4.63. The molecule has 0 aliphatic carbocycles. The second kappa shape index (κ2) is 7.65. The molecule has 0 fully saturated rings. The predicted molar refractivity (Wildman–Crippen MR) is 95.9 cm³/mol. The Morgan fingerprint density at radius 3 is 2.84 bits per heavy atom. The summed E-state index contributed by atoms with van der Waals surface area (Å²) in [6, 6.07) is 10.6. The van der Waals surface area contributed by atoms with Gasteiger partial charge in [0.15, 0.2) is 0 Å². The molecule has 0 spiro atoms. The molecule has 1 N–H and O–H groups in total. The minimum absolute atomic E-state index is 0.0353. The summed E-state index contributed by atoms with van der Waals surface area (Å²) in [6.45, 7) is 7.36. The van der Waals surface area contributed by atoms with E-state index in [-0.39, 0.29) is 12.1 Å². The zero-order valence-corrected chi connectivity index (χ0v) is 15.1. The highest BCUT2D eigenvalue weighted by molar-refractivity contribution is 5.74. The molecule has 0 bridgehead atoms. The molecule has 7 nitrogen and oxygen atoms in total. The van der Waals surface area contributed by atoms with Crippen molar-refractivity contribution in [3.8, 4) is 0 Å². The summed E-state index contributed by atoms with van der Waals surface area (Å²) < 4.78 is 1.88. The van der Waals surface area contributed by atoms with Crippen LogP contribution in [0.15, 0.2) is 30.3 Å². The quantitative estimate of drug-likeness (QED) is 0.897. The Kier molecular flexibility index (Phi) is 5.33. The van der Waals surface area contributed by atoms with Crippen LogP contribution in [0.1, 0.15) is 24.1 Å². The van der Waals surface area contributed by atoms with Crippen molar-refractivity contribution in [2.24, 2.45) is 0 Å². The number of likely N-dealkylation sites (N-methyl/N-ethyl adjacent to an activating group) is 1. The van der Waals surface area contributed by atoms with Gasteiger partial charge >= 0.3 is 6.03 Å². The first-order chi connectivity index (χ1) is 12.0. The summed E-state index contributed by atoms with van der Waals surface area (Å²) in [5, 5.41) is 7.37. The topological polar surface area (TPSA) is 66.3 Å². The fourth-order valence-corrected chi connectivity index (χ4v) is 2.96. The fraction of sp³-hybridized carbons (Fsp3) is 0.500. The normalized spacial score (nSPS) is 15.1. The van der Waals surface area contributed by atoms with Crippen molar-refractivity contribution < 1.29 is 4.79 Å². The number of urea groups is 1.